The lowest BCUT2D eigenvalue weighted by Crippen LogP contribution is -2.35. The first-order chi connectivity index (χ1) is 12.5. The number of carbonyl (C=O) groups excluding carboxylic acids is 1. The van der Waals surface area contributed by atoms with Gasteiger partial charge in [-0.15, -0.1) is 0 Å². The molecule has 1 aromatic carbocycles. The molecular weight excluding hydrogens is 393 g/mol. The van der Waals surface area contributed by atoms with Crippen LogP contribution in [0.2, 0.25) is 10.0 Å². The van der Waals surface area contributed by atoms with Gasteiger partial charge in [0.15, 0.2) is 5.84 Å². The molecule has 0 unspecified atom stereocenters. The van der Waals surface area contributed by atoms with Gasteiger partial charge in [0, 0.05) is 11.9 Å². The summed E-state index contributed by atoms with van der Waals surface area (Å²) < 4.78 is 1.80. The van der Waals surface area contributed by atoms with Gasteiger partial charge in [0.1, 0.15) is 0 Å². The summed E-state index contributed by atoms with van der Waals surface area (Å²) in [5.41, 5.74) is 1.51. The fourth-order valence-electron chi connectivity index (χ4n) is 2.65. The monoisotopic (exact) mass is 403 g/mol. The molecule has 0 bridgehead atoms. The number of aliphatic imine (C=N–C) groups is 1. The Balaban J connectivity index is 1.79. The number of halogens is 2. The first kappa shape index (κ1) is 17.1. The molecule has 0 aliphatic carbocycles. The van der Waals surface area contributed by atoms with E-state index in [4.69, 9.17) is 28.6 Å². The van der Waals surface area contributed by atoms with Gasteiger partial charge in [0.2, 0.25) is 5.17 Å². The molecule has 6 nitrogen and oxygen atoms in total. The van der Waals surface area contributed by atoms with Crippen LogP contribution >= 0.6 is 35.0 Å². The van der Waals surface area contributed by atoms with E-state index < -0.39 is 5.91 Å². The van der Waals surface area contributed by atoms with Crippen LogP contribution in [0.5, 0.6) is 0 Å². The van der Waals surface area contributed by atoms with Gasteiger partial charge in [-0.3, -0.25) is 10.2 Å². The second-order valence-electron chi connectivity index (χ2n) is 5.52. The number of amides is 1. The van der Waals surface area contributed by atoms with Crippen LogP contribution in [0.25, 0.3) is 11.8 Å². The number of hydrogen-bond acceptors (Lipinski definition) is 4. The number of amidine groups is 2. The molecule has 0 saturated carbocycles. The van der Waals surface area contributed by atoms with Crippen LogP contribution in [-0.2, 0) is 4.79 Å². The second kappa shape index (κ2) is 6.42. The highest BCUT2D eigenvalue weighted by molar-refractivity contribution is 8.26. The first-order valence-electron chi connectivity index (χ1n) is 7.54. The molecule has 0 radical (unpaired) electrons. The van der Waals surface area contributed by atoms with Crippen molar-refractivity contribution < 1.29 is 4.79 Å². The molecule has 0 spiro atoms. The van der Waals surface area contributed by atoms with Gasteiger partial charge in [-0.05, 0) is 49.0 Å². The molecule has 26 heavy (non-hydrogen) atoms. The van der Waals surface area contributed by atoms with E-state index in [2.05, 4.69) is 10.1 Å². The average molecular weight is 404 g/mol. The van der Waals surface area contributed by atoms with Crippen LogP contribution in [0.4, 0.5) is 0 Å². The first-order valence-corrected chi connectivity index (χ1v) is 9.11. The van der Waals surface area contributed by atoms with Gasteiger partial charge in [-0.25, -0.2) is 0 Å². The van der Waals surface area contributed by atoms with Crippen molar-refractivity contribution in [2.24, 2.45) is 10.1 Å². The maximum Gasteiger partial charge on any atom is 0.283 e. The van der Waals surface area contributed by atoms with Crippen molar-refractivity contribution in [2.45, 2.75) is 6.92 Å². The summed E-state index contributed by atoms with van der Waals surface area (Å²) in [5, 5.41) is 15.9. The smallest absolute Gasteiger partial charge is 0.283 e. The Morgan fingerprint density at radius 3 is 2.85 bits per heavy atom. The molecule has 1 N–H and O–H groups in total. The fraction of sp³-hybridized carbons (Fsp3) is 0.0588. The zero-order valence-electron chi connectivity index (χ0n) is 13.4. The van der Waals surface area contributed by atoms with Gasteiger partial charge >= 0.3 is 0 Å². The molecule has 130 valence electrons. The number of hydrazone groups is 1. The number of nitrogens with zero attached hydrogens (tertiary/aromatic N) is 4. The summed E-state index contributed by atoms with van der Waals surface area (Å²) in [6, 6.07) is 8.96. The highest BCUT2D eigenvalue weighted by Gasteiger charge is 2.34. The second-order valence-corrected chi connectivity index (χ2v) is 7.46. The molecule has 2 aliphatic rings. The minimum atomic E-state index is -0.469. The maximum atomic E-state index is 12.4. The summed E-state index contributed by atoms with van der Waals surface area (Å²) in [7, 11) is 0. The van der Waals surface area contributed by atoms with E-state index in [0.717, 1.165) is 5.04 Å². The summed E-state index contributed by atoms with van der Waals surface area (Å²) in [6.07, 6.45) is 3.42. The summed E-state index contributed by atoms with van der Waals surface area (Å²) in [4.78, 5) is 16.4. The van der Waals surface area contributed by atoms with Crippen LogP contribution < -0.4 is 0 Å². The number of aromatic nitrogens is 1. The van der Waals surface area contributed by atoms with Crippen molar-refractivity contribution in [1.29, 1.82) is 5.41 Å². The van der Waals surface area contributed by atoms with Crippen molar-refractivity contribution in [2.75, 3.05) is 0 Å². The Hall–Kier alpha value is -2.35. The summed E-state index contributed by atoms with van der Waals surface area (Å²) >= 11 is 13.7. The van der Waals surface area contributed by atoms with Crippen molar-refractivity contribution in [3.63, 3.8) is 0 Å². The predicted octanol–water partition coefficient (Wildman–Crippen LogP) is 4.42. The SMILES string of the molecule is CC1=NN2C(=N)/C(=C\c3cccn3-c3cccc(Cl)c3Cl)C(=O)N=C2S1. The summed E-state index contributed by atoms with van der Waals surface area (Å²) in [6.45, 7) is 1.80. The molecule has 9 heteroatoms. The largest absolute Gasteiger partial charge is 0.316 e. The number of rotatable bonds is 2. The molecule has 1 aromatic heterocycles. The molecule has 1 amide bonds. The topological polar surface area (TPSA) is 73.8 Å². The predicted molar refractivity (Wildman–Crippen MR) is 106 cm³/mol. The number of hydrogen-bond donors (Lipinski definition) is 1. The molecule has 2 aromatic rings. The molecule has 0 fully saturated rings. The van der Waals surface area contributed by atoms with Crippen LogP contribution in [0, 0.1) is 5.41 Å². The zero-order chi connectivity index (χ0) is 18.4. The van der Waals surface area contributed by atoms with E-state index in [0.29, 0.717) is 26.6 Å². The Bertz CT molecular complexity index is 1050. The van der Waals surface area contributed by atoms with E-state index in [1.807, 2.05) is 24.4 Å². The summed E-state index contributed by atoms with van der Waals surface area (Å²) in [5.74, 6) is -0.474. The van der Waals surface area contributed by atoms with Crippen LogP contribution in [0.1, 0.15) is 12.6 Å². The quantitative estimate of drug-likeness (QED) is 0.753. The van der Waals surface area contributed by atoms with Gasteiger partial charge in [0.05, 0.1) is 26.3 Å². The average Bonchev–Trinajstić information content (AvgIpc) is 3.20. The third kappa shape index (κ3) is 2.78. The lowest BCUT2D eigenvalue weighted by molar-refractivity contribution is -0.114. The number of nitrogens with one attached hydrogen (secondary N) is 1. The van der Waals surface area contributed by atoms with Crippen molar-refractivity contribution >= 4 is 63.0 Å². The lowest BCUT2D eigenvalue weighted by Gasteiger charge is -2.20. The number of thioether (sulfide) groups is 1. The number of carbonyl (C=O) groups is 1. The van der Waals surface area contributed by atoms with Gasteiger partial charge in [-0.2, -0.15) is 15.1 Å². The maximum absolute atomic E-state index is 12.4. The minimum absolute atomic E-state index is 0.00529. The third-order valence-electron chi connectivity index (χ3n) is 3.82. The normalized spacial score (nSPS) is 18.3. The van der Waals surface area contributed by atoms with Crippen molar-refractivity contribution in [3.8, 4) is 5.69 Å². The van der Waals surface area contributed by atoms with E-state index in [-0.39, 0.29) is 11.4 Å². The standard InChI is InChI=1S/C17H11Cl2N5OS/c1-9-22-24-15(20)11(16(25)21-17(24)26-9)8-10-4-3-7-23(10)13-6-2-5-12(18)14(13)19/h2-8,20H,1H3/b11-8+,20-15?. The minimum Gasteiger partial charge on any atom is -0.316 e. The van der Waals surface area contributed by atoms with Gasteiger partial charge in [-0.1, -0.05) is 29.3 Å². The Morgan fingerprint density at radius 2 is 2.04 bits per heavy atom. The molecular formula is C17H11Cl2N5OS. The van der Waals surface area contributed by atoms with Crippen molar-refractivity contribution in [1.82, 2.24) is 9.58 Å². The Kier molecular flexibility index (Phi) is 4.22. The van der Waals surface area contributed by atoms with Crippen LogP contribution in [0.15, 0.2) is 52.2 Å². The number of fused-ring (bicyclic) bond motifs is 1. The molecule has 3 heterocycles. The van der Waals surface area contributed by atoms with Crippen LogP contribution in [-0.4, -0.2) is 31.5 Å². The van der Waals surface area contributed by atoms with E-state index >= 15 is 0 Å². The molecule has 0 saturated heterocycles. The van der Waals surface area contributed by atoms with Crippen LogP contribution in [0.3, 0.4) is 0 Å². The third-order valence-corrected chi connectivity index (χ3v) is 5.45. The highest BCUT2D eigenvalue weighted by atomic mass is 35.5. The number of benzene rings is 1. The van der Waals surface area contributed by atoms with Gasteiger partial charge in [0.25, 0.3) is 5.91 Å². The molecule has 0 atom stereocenters. The van der Waals surface area contributed by atoms with E-state index in [1.165, 1.54) is 16.8 Å². The molecule has 4 rings (SSSR count). The van der Waals surface area contributed by atoms with E-state index in [1.54, 1.807) is 29.7 Å². The fourth-order valence-corrected chi connectivity index (χ4v) is 3.77. The highest BCUT2D eigenvalue weighted by Crippen LogP contribution is 2.31. The molecule has 2 aliphatic heterocycles. The lowest BCUT2D eigenvalue weighted by atomic mass is 10.1. The zero-order valence-corrected chi connectivity index (χ0v) is 15.7. The Labute approximate surface area is 163 Å². The Morgan fingerprint density at radius 1 is 1.23 bits per heavy atom. The van der Waals surface area contributed by atoms with E-state index in [9.17, 15) is 4.79 Å². The van der Waals surface area contributed by atoms with Crippen molar-refractivity contribution in [3.05, 3.63) is 57.8 Å². The van der Waals surface area contributed by atoms with Gasteiger partial charge < -0.3 is 4.57 Å².